The molecule has 0 unspecified atom stereocenters. The van der Waals surface area contributed by atoms with Gasteiger partial charge in [-0.1, -0.05) is 24.3 Å². The molecule has 0 radical (unpaired) electrons. The molecule has 1 heterocycles. The Morgan fingerprint density at radius 2 is 1.92 bits per heavy atom. The Kier molecular flexibility index (Phi) is 4.50. The standard InChI is InChI=1S/C17H23N3O3S/c1-13(2)20-10-16(18-12-20)24(21,22)19-11-17(23-3)8-14-6-4-5-7-15(14)9-17/h4-7,10,12-13,19H,8-9,11H2,1-3H3. The van der Waals surface area contributed by atoms with Crippen LogP contribution in [0.1, 0.15) is 31.0 Å². The maximum Gasteiger partial charge on any atom is 0.259 e. The Hall–Kier alpha value is -1.70. The molecule has 0 aliphatic heterocycles. The number of benzene rings is 1. The molecule has 24 heavy (non-hydrogen) atoms. The quantitative estimate of drug-likeness (QED) is 0.865. The van der Waals surface area contributed by atoms with E-state index in [1.165, 1.54) is 17.5 Å². The molecule has 6 nitrogen and oxygen atoms in total. The van der Waals surface area contributed by atoms with Crippen molar-refractivity contribution in [2.24, 2.45) is 0 Å². The molecule has 130 valence electrons. The number of nitrogens with zero attached hydrogens (tertiary/aromatic N) is 2. The van der Waals surface area contributed by atoms with Gasteiger partial charge in [0.1, 0.15) is 0 Å². The minimum Gasteiger partial charge on any atom is -0.376 e. The molecular formula is C17H23N3O3S. The van der Waals surface area contributed by atoms with E-state index in [1.807, 2.05) is 26.0 Å². The Balaban J connectivity index is 1.74. The van der Waals surface area contributed by atoms with Gasteiger partial charge in [-0.2, -0.15) is 0 Å². The molecule has 1 aromatic heterocycles. The molecule has 0 spiro atoms. The average molecular weight is 349 g/mol. The Morgan fingerprint density at radius 3 is 2.42 bits per heavy atom. The minimum absolute atomic E-state index is 0.0398. The lowest BCUT2D eigenvalue weighted by molar-refractivity contribution is 0.00377. The molecule has 1 aliphatic rings. The number of aromatic nitrogens is 2. The van der Waals surface area contributed by atoms with Crippen molar-refractivity contribution < 1.29 is 13.2 Å². The highest BCUT2D eigenvalue weighted by Crippen LogP contribution is 2.32. The summed E-state index contributed by atoms with van der Waals surface area (Å²) in [5.41, 5.74) is 1.88. The molecule has 0 bridgehead atoms. The molecule has 1 aliphatic carbocycles. The van der Waals surface area contributed by atoms with E-state index < -0.39 is 15.6 Å². The molecular weight excluding hydrogens is 326 g/mol. The maximum atomic E-state index is 12.5. The van der Waals surface area contributed by atoms with E-state index in [2.05, 4.69) is 21.8 Å². The van der Waals surface area contributed by atoms with Gasteiger partial charge >= 0.3 is 0 Å². The lowest BCUT2D eigenvalue weighted by Crippen LogP contribution is -2.45. The Bertz CT molecular complexity index is 802. The summed E-state index contributed by atoms with van der Waals surface area (Å²) in [7, 11) is -2.03. The van der Waals surface area contributed by atoms with Crippen LogP contribution < -0.4 is 4.72 Å². The SMILES string of the molecule is COC1(CNS(=O)(=O)c2cn(C(C)C)cn2)Cc2ccccc2C1. The number of nitrogens with one attached hydrogen (secondary N) is 1. The first-order valence-electron chi connectivity index (χ1n) is 8.00. The van der Waals surface area contributed by atoms with Gasteiger partial charge in [-0.15, -0.1) is 0 Å². The number of hydrogen-bond acceptors (Lipinski definition) is 4. The van der Waals surface area contributed by atoms with Gasteiger partial charge in [-0.3, -0.25) is 0 Å². The lowest BCUT2D eigenvalue weighted by Gasteiger charge is -2.27. The molecule has 2 aromatic rings. The summed E-state index contributed by atoms with van der Waals surface area (Å²) in [5.74, 6) is 0. The van der Waals surface area contributed by atoms with Gasteiger partial charge in [-0.25, -0.2) is 18.1 Å². The third-order valence-corrected chi connectivity index (χ3v) is 5.90. The van der Waals surface area contributed by atoms with Gasteiger partial charge in [0, 0.05) is 38.7 Å². The fourth-order valence-electron chi connectivity index (χ4n) is 3.04. The second-order valence-electron chi connectivity index (χ2n) is 6.59. The van der Waals surface area contributed by atoms with Gasteiger partial charge in [-0.05, 0) is 25.0 Å². The van der Waals surface area contributed by atoms with Crippen LogP contribution in [0, 0.1) is 0 Å². The Morgan fingerprint density at radius 1 is 1.29 bits per heavy atom. The van der Waals surface area contributed by atoms with Crippen molar-refractivity contribution >= 4 is 10.0 Å². The van der Waals surface area contributed by atoms with Gasteiger partial charge in [0.25, 0.3) is 10.0 Å². The van der Waals surface area contributed by atoms with Crippen LogP contribution in [0.5, 0.6) is 0 Å². The van der Waals surface area contributed by atoms with Crippen molar-refractivity contribution in [2.45, 2.75) is 43.4 Å². The lowest BCUT2D eigenvalue weighted by atomic mass is 10.0. The summed E-state index contributed by atoms with van der Waals surface area (Å²) in [6.07, 6.45) is 4.48. The third-order valence-electron chi connectivity index (χ3n) is 4.61. The van der Waals surface area contributed by atoms with Gasteiger partial charge in [0.2, 0.25) is 0 Å². The first-order valence-corrected chi connectivity index (χ1v) is 9.49. The van der Waals surface area contributed by atoms with E-state index in [-0.39, 0.29) is 17.6 Å². The third kappa shape index (κ3) is 3.24. The fraction of sp³-hybridized carbons (Fsp3) is 0.471. The van der Waals surface area contributed by atoms with Crippen LogP contribution >= 0.6 is 0 Å². The molecule has 0 fully saturated rings. The average Bonchev–Trinajstić information content (AvgIpc) is 3.18. The van der Waals surface area contributed by atoms with Crippen LogP contribution in [-0.2, 0) is 27.6 Å². The van der Waals surface area contributed by atoms with Gasteiger partial charge < -0.3 is 9.30 Å². The number of rotatable bonds is 6. The number of sulfonamides is 1. The smallest absolute Gasteiger partial charge is 0.259 e. The first-order chi connectivity index (χ1) is 11.4. The van der Waals surface area contributed by atoms with E-state index in [0.29, 0.717) is 12.8 Å². The van der Waals surface area contributed by atoms with Crippen molar-refractivity contribution in [1.82, 2.24) is 14.3 Å². The largest absolute Gasteiger partial charge is 0.376 e. The summed E-state index contributed by atoms with van der Waals surface area (Å²) in [5, 5.41) is 0.0398. The monoisotopic (exact) mass is 349 g/mol. The summed E-state index contributed by atoms with van der Waals surface area (Å²) >= 11 is 0. The summed E-state index contributed by atoms with van der Waals surface area (Å²) in [6.45, 7) is 4.16. The van der Waals surface area contributed by atoms with E-state index in [0.717, 1.165) is 0 Å². The second-order valence-corrected chi connectivity index (χ2v) is 8.30. The second kappa shape index (κ2) is 6.31. The molecule has 0 atom stereocenters. The van der Waals surface area contributed by atoms with Crippen LogP contribution in [0.4, 0.5) is 0 Å². The van der Waals surface area contributed by atoms with Crippen molar-refractivity contribution in [3.8, 4) is 0 Å². The van der Waals surface area contributed by atoms with E-state index in [4.69, 9.17) is 4.74 Å². The highest BCUT2D eigenvalue weighted by Gasteiger charge is 2.38. The zero-order chi connectivity index (χ0) is 17.4. The normalized spacial score (nSPS) is 16.5. The molecule has 0 saturated carbocycles. The number of fused-ring (bicyclic) bond motifs is 1. The summed E-state index contributed by atoms with van der Waals surface area (Å²) in [6, 6.07) is 8.28. The summed E-state index contributed by atoms with van der Waals surface area (Å²) < 4.78 is 35.2. The van der Waals surface area contributed by atoms with Crippen LogP contribution in [-0.4, -0.2) is 37.2 Å². The number of imidazole rings is 1. The zero-order valence-corrected chi connectivity index (χ0v) is 15.0. The minimum atomic E-state index is -3.66. The number of methoxy groups -OCH3 is 1. The maximum absolute atomic E-state index is 12.5. The van der Waals surface area contributed by atoms with E-state index >= 15 is 0 Å². The van der Waals surface area contributed by atoms with Crippen LogP contribution in [0.3, 0.4) is 0 Å². The molecule has 1 N–H and O–H groups in total. The van der Waals surface area contributed by atoms with Gasteiger partial charge in [0.15, 0.2) is 5.03 Å². The highest BCUT2D eigenvalue weighted by atomic mass is 32.2. The van der Waals surface area contributed by atoms with E-state index in [9.17, 15) is 8.42 Å². The predicted octanol–water partition coefficient (Wildman–Crippen LogP) is 1.93. The molecule has 0 amide bonds. The number of ether oxygens (including phenoxy) is 1. The molecule has 1 aromatic carbocycles. The van der Waals surface area contributed by atoms with E-state index in [1.54, 1.807) is 17.9 Å². The van der Waals surface area contributed by atoms with Crippen LogP contribution in [0.2, 0.25) is 0 Å². The summed E-state index contributed by atoms with van der Waals surface area (Å²) in [4.78, 5) is 4.01. The number of hydrogen-bond donors (Lipinski definition) is 1. The van der Waals surface area contributed by atoms with Crippen molar-refractivity contribution in [3.63, 3.8) is 0 Å². The molecule has 7 heteroatoms. The molecule has 3 rings (SSSR count). The van der Waals surface area contributed by atoms with Crippen LogP contribution in [0.25, 0.3) is 0 Å². The first kappa shape index (κ1) is 17.1. The zero-order valence-electron chi connectivity index (χ0n) is 14.2. The molecule has 0 saturated heterocycles. The van der Waals surface area contributed by atoms with Crippen molar-refractivity contribution in [2.75, 3.05) is 13.7 Å². The Labute approximate surface area is 142 Å². The fourth-order valence-corrected chi connectivity index (χ4v) is 4.09. The topological polar surface area (TPSA) is 73.2 Å². The van der Waals surface area contributed by atoms with Gasteiger partial charge in [0.05, 0.1) is 11.9 Å². The van der Waals surface area contributed by atoms with Crippen molar-refractivity contribution in [3.05, 3.63) is 47.9 Å². The highest BCUT2D eigenvalue weighted by molar-refractivity contribution is 7.89. The predicted molar refractivity (Wildman–Crippen MR) is 91.4 cm³/mol. The van der Waals surface area contributed by atoms with Crippen molar-refractivity contribution in [1.29, 1.82) is 0 Å². The van der Waals surface area contributed by atoms with Crippen LogP contribution in [0.15, 0.2) is 41.8 Å².